The van der Waals surface area contributed by atoms with E-state index in [2.05, 4.69) is 33.6 Å². The number of halogens is 1. The van der Waals surface area contributed by atoms with Gasteiger partial charge in [-0.25, -0.2) is 0 Å². The fourth-order valence-corrected chi connectivity index (χ4v) is 2.65. The molecule has 24 heavy (non-hydrogen) atoms. The molecule has 1 saturated heterocycles. The molecule has 1 aliphatic heterocycles. The van der Waals surface area contributed by atoms with Gasteiger partial charge in [-0.15, -0.1) is 24.0 Å². The average Bonchev–Trinajstić information content (AvgIpc) is 2.58. The van der Waals surface area contributed by atoms with Gasteiger partial charge < -0.3 is 25.0 Å². The van der Waals surface area contributed by atoms with Gasteiger partial charge in [0, 0.05) is 33.2 Å². The molecular weight excluding hydrogens is 419 g/mol. The average molecular weight is 448 g/mol. The molecule has 1 heterocycles. The number of hydrogen-bond acceptors (Lipinski definition) is 4. The molecule has 0 aromatic heterocycles. The number of nitrogens with one attached hydrogen (secondary N) is 2. The van der Waals surface area contributed by atoms with Crippen LogP contribution in [-0.2, 0) is 11.2 Å². The number of ether oxygens (including phenoxy) is 2. The van der Waals surface area contributed by atoms with Gasteiger partial charge in [-0.3, -0.25) is 4.99 Å². The summed E-state index contributed by atoms with van der Waals surface area (Å²) in [5.41, 5.74) is 1.19. The molecule has 136 valence electrons. The molecule has 0 amide bonds. The first-order chi connectivity index (χ1) is 11.2. The van der Waals surface area contributed by atoms with E-state index in [1.165, 1.54) is 5.56 Å². The number of rotatable bonds is 6. The van der Waals surface area contributed by atoms with Crippen LogP contribution in [-0.4, -0.2) is 71.0 Å². The van der Waals surface area contributed by atoms with Crippen LogP contribution < -0.4 is 15.4 Å². The molecular formula is C17H29IN4O2. The second kappa shape index (κ2) is 11.5. The zero-order chi connectivity index (χ0) is 16.5. The second-order valence-corrected chi connectivity index (χ2v) is 5.70. The Morgan fingerprint density at radius 2 is 2.17 bits per heavy atom. The highest BCUT2D eigenvalue weighted by molar-refractivity contribution is 14.0. The third-order valence-corrected chi connectivity index (χ3v) is 3.94. The van der Waals surface area contributed by atoms with E-state index in [1.54, 1.807) is 14.2 Å². The van der Waals surface area contributed by atoms with Crippen LogP contribution in [0.1, 0.15) is 5.56 Å². The normalized spacial score (nSPS) is 18.6. The van der Waals surface area contributed by atoms with Crippen LogP contribution in [0.15, 0.2) is 29.3 Å². The molecule has 7 heteroatoms. The first-order valence-electron chi connectivity index (χ1n) is 8.09. The number of para-hydroxylation sites is 1. The Bertz CT molecular complexity index is 513. The van der Waals surface area contributed by atoms with Gasteiger partial charge in [-0.05, 0) is 25.1 Å². The molecule has 1 fully saturated rings. The van der Waals surface area contributed by atoms with Gasteiger partial charge in [0.25, 0.3) is 0 Å². The van der Waals surface area contributed by atoms with Crippen molar-refractivity contribution >= 4 is 29.9 Å². The lowest BCUT2D eigenvalue weighted by atomic mass is 10.1. The summed E-state index contributed by atoms with van der Waals surface area (Å²) in [5, 5.41) is 6.66. The van der Waals surface area contributed by atoms with Gasteiger partial charge in [-0.1, -0.05) is 18.2 Å². The van der Waals surface area contributed by atoms with Crippen molar-refractivity contribution in [1.82, 2.24) is 15.5 Å². The van der Waals surface area contributed by atoms with Gasteiger partial charge in [0.15, 0.2) is 5.96 Å². The van der Waals surface area contributed by atoms with Crippen LogP contribution in [0.25, 0.3) is 0 Å². The maximum absolute atomic E-state index is 5.74. The quantitative estimate of drug-likeness (QED) is 0.391. The number of likely N-dealkylation sites (N-methyl/N-ethyl adjacent to an activating group) is 1. The highest BCUT2D eigenvalue weighted by atomic mass is 127. The Labute approximate surface area is 162 Å². The van der Waals surface area contributed by atoms with E-state index in [4.69, 9.17) is 9.47 Å². The number of hydrogen-bond donors (Lipinski definition) is 2. The third kappa shape index (κ3) is 6.82. The maximum atomic E-state index is 5.74. The lowest BCUT2D eigenvalue weighted by Crippen LogP contribution is -2.48. The highest BCUT2D eigenvalue weighted by Crippen LogP contribution is 2.17. The minimum atomic E-state index is 0. The zero-order valence-corrected chi connectivity index (χ0v) is 17.1. The minimum absolute atomic E-state index is 0. The Morgan fingerprint density at radius 1 is 1.38 bits per heavy atom. The molecule has 2 N–H and O–H groups in total. The topological polar surface area (TPSA) is 58.1 Å². The summed E-state index contributed by atoms with van der Waals surface area (Å²) in [4.78, 5) is 6.54. The smallest absolute Gasteiger partial charge is 0.191 e. The molecule has 0 spiro atoms. The van der Waals surface area contributed by atoms with E-state index < -0.39 is 0 Å². The monoisotopic (exact) mass is 448 g/mol. The summed E-state index contributed by atoms with van der Waals surface area (Å²) in [6, 6.07) is 8.08. The van der Waals surface area contributed by atoms with Crippen LogP contribution in [0.2, 0.25) is 0 Å². The van der Waals surface area contributed by atoms with E-state index in [0.29, 0.717) is 0 Å². The Hall–Kier alpha value is -1.06. The highest BCUT2D eigenvalue weighted by Gasteiger charge is 2.17. The Balaban J connectivity index is 0.00000288. The SMILES string of the molecule is CN=C(NCCc1ccccc1OC)NCC1CN(C)CCO1.I. The molecule has 1 aromatic rings. The fraction of sp³-hybridized carbons (Fsp3) is 0.588. The maximum Gasteiger partial charge on any atom is 0.191 e. The van der Waals surface area contributed by atoms with E-state index >= 15 is 0 Å². The van der Waals surface area contributed by atoms with Crippen molar-refractivity contribution in [3.05, 3.63) is 29.8 Å². The van der Waals surface area contributed by atoms with Crippen molar-refractivity contribution in [2.45, 2.75) is 12.5 Å². The molecule has 0 saturated carbocycles. The largest absolute Gasteiger partial charge is 0.496 e. The predicted molar refractivity (Wildman–Crippen MR) is 109 cm³/mol. The standard InChI is InChI=1S/C17H28N4O2.HI/c1-18-17(20-12-15-13-21(2)10-11-23-15)19-9-8-14-6-4-5-7-16(14)22-3;/h4-7,15H,8-13H2,1-3H3,(H2,18,19,20);1H. The summed E-state index contributed by atoms with van der Waals surface area (Å²) in [6.07, 6.45) is 1.09. The summed E-state index contributed by atoms with van der Waals surface area (Å²) < 4.78 is 11.1. The summed E-state index contributed by atoms with van der Waals surface area (Å²) in [5.74, 6) is 1.73. The third-order valence-electron chi connectivity index (χ3n) is 3.94. The first kappa shape index (κ1) is 21.0. The number of morpholine rings is 1. The minimum Gasteiger partial charge on any atom is -0.496 e. The van der Waals surface area contributed by atoms with Gasteiger partial charge in [0.2, 0.25) is 0 Å². The van der Waals surface area contributed by atoms with E-state index in [-0.39, 0.29) is 30.1 Å². The number of nitrogens with zero attached hydrogens (tertiary/aromatic N) is 2. The fourth-order valence-electron chi connectivity index (χ4n) is 2.65. The predicted octanol–water partition coefficient (Wildman–Crippen LogP) is 1.35. The lowest BCUT2D eigenvalue weighted by molar-refractivity contribution is -0.0161. The zero-order valence-electron chi connectivity index (χ0n) is 14.7. The summed E-state index contributed by atoms with van der Waals surface area (Å²) in [7, 11) is 5.61. The van der Waals surface area contributed by atoms with E-state index in [9.17, 15) is 0 Å². The Morgan fingerprint density at radius 3 is 2.88 bits per heavy atom. The molecule has 1 unspecified atom stereocenters. The van der Waals surface area contributed by atoms with Crippen molar-refractivity contribution in [1.29, 1.82) is 0 Å². The number of benzene rings is 1. The molecule has 1 aliphatic rings. The summed E-state index contributed by atoms with van der Waals surface area (Å²) >= 11 is 0. The molecule has 1 aromatic carbocycles. The molecule has 0 radical (unpaired) electrons. The van der Waals surface area contributed by atoms with Crippen molar-refractivity contribution < 1.29 is 9.47 Å². The van der Waals surface area contributed by atoms with Gasteiger partial charge >= 0.3 is 0 Å². The Kier molecular flexibility index (Phi) is 10.0. The van der Waals surface area contributed by atoms with Crippen molar-refractivity contribution in [2.75, 3.05) is 54.0 Å². The molecule has 1 atom stereocenters. The molecule has 6 nitrogen and oxygen atoms in total. The number of guanidine groups is 1. The van der Waals surface area contributed by atoms with E-state index in [1.807, 2.05) is 18.2 Å². The lowest BCUT2D eigenvalue weighted by Gasteiger charge is -2.30. The van der Waals surface area contributed by atoms with Gasteiger partial charge in [-0.2, -0.15) is 0 Å². The molecule has 0 aliphatic carbocycles. The molecule has 2 rings (SSSR count). The van der Waals surface area contributed by atoms with Crippen LogP contribution in [0.3, 0.4) is 0 Å². The van der Waals surface area contributed by atoms with Crippen molar-refractivity contribution in [2.24, 2.45) is 4.99 Å². The second-order valence-electron chi connectivity index (χ2n) is 5.70. The van der Waals surface area contributed by atoms with Crippen molar-refractivity contribution in [3.8, 4) is 5.75 Å². The van der Waals surface area contributed by atoms with Crippen LogP contribution in [0.4, 0.5) is 0 Å². The van der Waals surface area contributed by atoms with Gasteiger partial charge in [0.05, 0.1) is 19.8 Å². The van der Waals surface area contributed by atoms with E-state index in [0.717, 1.165) is 50.9 Å². The van der Waals surface area contributed by atoms with Crippen molar-refractivity contribution in [3.63, 3.8) is 0 Å². The first-order valence-corrected chi connectivity index (χ1v) is 8.09. The number of methoxy groups -OCH3 is 1. The van der Waals surface area contributed by atoms with Crippen LogP contribution >= 0.6 is 24.0 Å². The van der Waals surface area contributed by atoms with Gasteiger partial charge in [0.1, 0.15) is 5.75 Å². The number of aliphatic imine (C=N–C) groups is 1. The van der Waals surface area contributed by atoms with Crippen LogP contribution in [0, 0.1) is 0 Å². The van der Waals surface area contributed by atoms with Crippen LogP contribution in [0.5, 0.6) is 5.75 Å². The molecule has 0 bridgehead atoms. The summed E-state index contributed by atoms with van der Waals surface area (Å²) in [6.45, 7) is 4.31.